The van der Waals surface area contributed by atoms with E-state index in [1.165, 1.54) is 23.5 Å². The van der Waals surface area contributed by atoms with E-state index in [0.29, 0.717) is 6.04 Å². The molecule has 2 saturated heterocycles. The first-order valence-corrected chi connectivity index (χ1v) is 8.21. The van der Waals surface area contributed by atoms with Crippen LogP contribution in [0.2, 0.25) is 0 Å². The summed E-state index contributed by atoms with van der Waals surface area (Å²) in [6, 6.07) is 2.72. The highest BCUT2D eigenvalue weighted by atomic mass is 32.2. The van der Waals surface area contributed by atoms with E-state index in [2.05, 4.69) is 11.0 Å². The van der Waals surface area contributed by atoms with E-state index >= 15 is 0 Å². The second kappa shape index (κ2) is 5.72. The summed E-state index contributed by atoms with van der Waals surface area (Å²) in [6.07, 6.45) is 2.14. The fraction of sp³-hybridized carbons (Fsp3) is 0.833. The van der Waals surface area contributed by atoms with Gasteiger partial charge in [0.1, 0.15) is 6.07 Å². The highest BCUT2D eigenvalue weighted by molar-refractivity contribution is 8.20. The van der Waals surface area contributed by atoms with E-state index in [1.807, 2.05) is 19.0 Å². The SMILES string of the molecule is CN(C)C1CSC(C#N)(C(=O)N2CCCC2)SC1. The van der Waals surface area contributed by atoms with Crippen LogP contribution in [0.1, 0.15) is 12.8 Å². The molecule has 0 aromatic rings. The molecular weight excluding hydrogens is 266 g/mol. The number of rotatable bonds is 2. The van der Waals surface area contributed by atoms with Gasteiger partial charge in [-0.05, 0) is 26.9 Å². The largest absolute Gasteiger partial charge is 0.340 e. The lowest BCUT2D eigenvalue weighted by Crippen LogP contribution is -2.48. The molecule has 2 aliphatic heterocycles. The Morgan fingerprint density at radius 2 is 1.89 bits per heavy atom. The molecule has 0 N–H and O–H groups in total. The van der Waals surface area contributed by atoms with Crippen molar-refractivity contribution in [3.05, 3.63) is 0 Å². The van der Waals surface area contributed by atoms with Crippen molar-refractivity contribution in [1.29, 1.82) is 5.26 Å². The summed E-state index contributed by atoms with van der Waals surface area (Å²) in [7, 11) is 4.10. The van der Waals surface area contributed by atoms with Crippen LogP contribution >= 0.6 is 23.5 Å². The van der Waals surface area contributed by atoms with Crippen LogP contribution in [-0.4, -0.2) is 64.5 Å². The van der Waals surface area contributed by atoms with Gasteiger partial charge < -0.3 is 9.80 Å². The lowest BCUT2D eigenvalue weighted by Gasteiger charge is -2.37. The molecule has 6 heteroatoms. The highest BCUT2D eigenvalue weighted by Crippen LogP contribution is 2.44. The molecule has 0 aromatic carbocycles. The summed E-state index contributed by atoms with van der Waals surface area (Å²) in [4.78, 5) is 16.5. The van der Waals surface area contributed by atoms with Gasteiger partial charge in [-0.1, -0.05) is 0 Å². The van der Waals surface area contributed by atoms with Crippen LogP contribution in [0.15, 0.2) is 0 Å². The number of nitrogens with zero attached hydrogens (tertiary/aromatic N) is 3. The average molecular weight is 285 g/mol. The van der Waals surface area contributed by atoms with Crippen LogP contribution < -0.4 is 0 Å². The molecule has 0 spiro atoms. The summed E-state index contributed by atoms with van der Waals surface area (Å²) >= 11 is 3.02. The fourth-order valence-corrected chi connectivity index (χ4v) is 5.39. The number of thioether (sulfide) groups is 2. The second-order valence-electron chi connectivity index (χ2n) is 4.97. The quantitative estimate of drug-likeness (QED) is 0.764. The molecule has 2 aliphatic rings. The summed E-state index contributed by atoms with van der Waals surface area (Å²) in [5, 5.41) is 9.44. The van der Waals surface area contributed by atoms with Crippen molar-refractivity contribution in [2.75, 3.05) is 38.7 Å². The number of nitriles is 1. The summed E-state index contributed by atoms with van der Waals surface area (Å²) in [5.74, 6) is 1.73. The third kappa shape index (κ3) is 2.63. The zero-order valence-electron chi connectivity index (χ0n) is 10.9. The molecule has 0 radical (unpaired) electrons. The van der Waals surface area contributed by atoms with Gasteiger partial charge in [-0.15, -0.1) is 23.5 Å². The zero-order valence-corrected chi connectivity index (χ0v) is 12.5. The maximum atomic E-state index is 12.5. The van der Waals surface area contributed by atoms with E-state index in [1.54, 1.807) is 0 Å². The Balaban J connectivity index is 2.04. The van der Waals surface area contributed by atoms with Crippen molar-refractivity contribution < 1.29 is 4.79 Å². The van der Waals surface area contributed by atoms with Crippen LogP contribution in [0, 0.1) is 11.3 Å². The standard InChI is InChI=1S/C12H19N3OS2/c1-14(2)10-7-17-12(9-13,18-8-10)11(16)15-5-3-4-6-15/h10H,3-8H2,1-2H3. The maximum Gasteiger partial charge on any atom is 0.263 e. The molecule has 1 amide bonds. The van der Waals surface area contributed by atoms with E-state index < -0.39 is 4.08 Å². The highest BCUT2D eigenvalue weighted by Gasteiger charge is 2.47. The zero-order chi connectivity index (χ0) is 13.2. The van der Waals surface area contributed by atoms with Crippen LogP contribution in [0.4, 0.5) is 0 Å². The third-order valence-corrected chi connectivity index (χ3v) is 6.67. The molecular formula is C12H19N3OS2. The predicted octanol–water partition coefficient (Wildman–Crippen LogP) is 1.24. The van der Waals surface area contributed by atoms with Crippen LogP contribution in [0.3, 0.4) is 0 Å². The molecule has 18 heavy (non-hydrogen) atoms. The average Bonchev–Trinajstić information content (AvgIpc) is 2.91. The first-order chi connectivity index (χ1) is 8.59. The molecule has 0 atom stereocenters. The minimum absolute atomic E-state index is 0.0229. The molecule has 4 nitrogen and oxygen atoms in total. The molecule has 0 bridgehead atoms. The number of carbonyl (C=O) groups is 1. The second-order valence-corrected chi connectivity index (χ2v) is 7.69. The van der Waals surface area contributed by atoms with Gasteiger partial charge in [0, 0.05) is 30.6 Å². The van der Waals surface area contributed by atoms with Crippen molar-refractivity contribution in [3.63, 3.8) is 0 Å². The molecule has 0 aliphatic carbocycles. The van der Waals surface area contributed by atoms with Crippen LogP contribution in [-0.2, 0) is 4.79 Å². The number of carbonyl (C=O) groups excluding carboxylic acids is 1. The van der Waals surface area contributed by atoms with Crippen LogP contribution in [0.25, 0.3) is 0 Å². The monoisotopic (exact) mass is 285 g/mol. The lowest BCUT2D eigenvalue weighted by atomic mass is 10.3. The topological polar surface area (TPSA) is 47.3 Å². The normalized spacial score (nSPS) is 32.6. The van der Waals surface area contributed by atoms with Crippen molar-refractivity contribution in [2.45, 2.75) is 23.0 Å². The summed E-state index contributed by atoms with van der Waals surface area (Å²) < 4.78 is -0.892. The Morgan fingerprint density at radius 1 is 1.33 bits per heavy atom. The van der Waals surface area contributed by atoms with Gasteiger partial charge in [0.2, 0.25) is 4.08 Å². The van der Waals surface area contributed by atoms with Gasteiger partial charge in [-0.25, -0.2) is 0 Å². The number of amides is 1. The minimum atomic E-state index is -0.892. The van der Waals surface area contributed by atoms with Crippen molar-refractivity contribution in [1.82, 2.24) is 9.80 Å². The Morgan fingerprint density at radius 3 is 2.33 bits per heavy atom. The predicted molar refractivity (Wildman–Crippen MR) is 76.5 cm³/mol. The minimum Gasteiger partial charge on any atom is -0.340 e. The Hall–Kier alpha value is -0.380. The van der Waals surface area contributed by atoms with Gasteiger partial charge >= 0.3 is 0 Å². The smallest absolute Gasteiger partial charge is 0.263 e. The van der Waals surface area contributed by atoms with Crippen molar-refractivity contribution >= 4 is 29.4 Å². The third-order valence-electron chi connectivity index (χ3n) is 3.51. The summed E-state index contributed by atoms with van der Waals surface area (Å²) in [6.45, 7) is 1.64. The molecule has 2 fully saturated rings. The van der Waals surface area contributed by atoms with Crippen LogP contribution in [0.5, 0.6) is 0 Å². The van der Waals surface area contributed by atoms with Gasteiger partial charge in [0.05, 0.1) is 0 Å². The first kappa shape index (κ1) is 14.0. The Labute approximate surface area is 117 Å². The maximum absolute atomic E-state index is 12.5. The number of likely N-dealkylation sites (tertiary alicyclic amines) is 1. The molecule has 0 saturated carbocycles. The van der Waals surface area contributed by atoms with Gasteiger partial charge in [-0.2, -0.15) is 5.26 Å². The van der Waals surface area contributed by atoms with E-state index in [0.717, 1.165) is 37.4 Å². The van der Waals surface area contributed by atoms with E-state index in [4.69, 9.17) is 0 Å². The molecule has 2 heterocycles. The lowest BCUT2D eigenvalue weighted by molar-refractivity contribution is -0.129. The molecule has 2 rings (SSSR count). The van der Waals surface area contributed by atoms with Gasteiger partial charge in [0.25, 0.3) is 5.91 Å². The fourth-order valence-electron chi connectivity index (χ4n) is 2.18. The Bertz CT molecular complexity index is 353. The van der Waals surface area contributed by atoms with Gasteiger partial charge in [0.15, 0.2) is 0 Å². The number of hydrogen-bond donors (Lipinski definition) is 0. The van der Waals surface area contributed by atoms with Crippen molar-refractivity contribution in [3.8, 4) is 6.07 Å². The van der Waals surface area contributed by atoms with Gasteiger partial charge in [-0.3, -0.25) is 4.79 Å². The van der Waals surface area contributed by atoms with E-state index in [-0.39, 0.29) is 5.91 Å². The molecule has 0 aromatic heterocycles. The van der Waals surface area contributed by atoms with Crippen molar-refractivity contribution in [2.24, 2.45) is 0 Å². The first-order valence-electron chi connectivity index (χ1n) is 6.24. The van der Waals surface area contributed by atoms with E-state index in [9.17, 15) is 10.1 Å². The summed E-state index contributed by atoms with van der Waals surface area (Å²) in [5.41, 5.74) is 0. The number of hydrogen-bond acceptors (Lipinski definition) is 5. The molecule has 100 valence electrons. The molecule has 0 unspecified atom stereocenters. The Kier molecular flexibility index (Phi) is 4.46.